The van der Waals surface area contributed by atoms with Crippen LogP contribution in [0.1, 0.15) is 11.6 Å². The van der Waals surface area contributed by atoms with Gasteiger partial charge in [0.2, 0.25) is 0 Å². The molecule has 3 nitrogen and oxygen atoms in total. The number of thioether (sulfide) groups is 1. The molecule has 3 N–H and O–H groups in total. The molecule has 1 rings (SSSR count). The van der Waals surface area contributed by atoms with Gasteiger partial charge in [0.25, 0.3) is 0 Å². The van der Waals surface area contributed by atoms with Gasteiger partial charge in [-0.2, -0.15) is 0 Å². The molecule has 0 fully saturated rings. The predicted molar refractivity (Wildman–Crippen MR) is 60.5 cm³/mol. The molecule has 0 aliphatic rings. The highest BCUT2D eigenvalue weighted by Crippen LogP contribution is 2.28. The first-order valence-electron chi connectivity index (χ1n) is 3.88. The molecular weight excluding hydrogens is 266 g/mol. The lowest BCUT2D eigenvalue weighted by Crippen LogP contribution is -2.20. The molecule has 0 heterocycles. The van der Waals surface area contributed by atoms with Gasteiger partial charge in [-0.05, 0) is 39.9 Å². The molecule has 0 saturated carbocycles. The molecule has 1 aromatic rings. The number of benzene rings is 1. The van der Waals surface area contributed by atoms with E-state index in [1.54, 1.807) is 23.9 Å². The lowest BCUT2D eigenvalue weighted by atomic mass is 10.1. The number of aliphatic carboxylic acids is 1. The van der Waals surface area contributed by atoms with E-state index < -0.39 is 12.0 Å². The summed E-state index contributed by atoms with van der Waals surface area (Å²) in [7, 11) is 0. The second kappa shape index (κ2) is 4.82. The van der Waals surface area contributed by atoms with Crippen molar-refractivity contribution in [3.05, 3.63) is 28.2 Å². The Morgan fingerprint density at radius 1 is 1.64 bits per heavy atom. The van der Waals surface area contributed by atoms with Gasteiger partial charge in [-0.1, -0.05) is 6.07 Å². The number of hydrogen-bond acceptors (Lipinski definition) is 3. The van der Waals surface area contributed by atoms with E-state index in [-0.39, 0.29) is 0 Å². The molecule has 1 unspecified atom stereocenters. The van der Waals surface area contributed by atoms with Crippen LogP contribution in [-0.2, 0) is 4.79 Å². The average molecular weight is 276 g/mol. The summed E-state index contributed by atoms with van der Waals surface area (Å²) in [6, 6.07) is 4.37. The number of rotatable bonds is 3. The highest BCUT2D eigenvalue weighted by atomic mass is 79.9. The topological polar surface area (TPSA) is 63.3 Å². The van der Waals surface area contributed by atoms with Crippen molar-refractivity contribution in [3.63, 3.8) is 0 Å². The van der Waals surface area contributed by atoms with Crippen molar-refractivity contribution >= 4 is 33.7 Å². The molecule has 76 valence electrons. The van der Waals surface area contributed by atoms with Crippen LogP contribution in [0.3, 0.4) is 0 Å². The van der Waals surface area contributed by atoms with Crippen LogP contribution in [0.5, 0.6) is 0 Å². The number of nitrogens with two attached hydrogens (primary N) is 1. The Morgan fingerprint density at radius 2 is 2.29 bits per heavy atom. The van der Waals surface area contributed by atoms with Gasteiger partial charge in [0.15, 0.2) is 0 Å². The van der Waals surface area contributed by atoms with Crippen molar-refractivity contribution in [1.29, 1.82) is 0 Å². The molecule has 0 bridgehead atoms. The van der Waals surface area contributed by atoms with Crippen molar-refractivity contribution in [3.8, 4) is 0 Å². The first kappa shape index (κ1) is 11.6. The molecule has 0 aliphatic carbocycles. The van der Waals surface area contributed by atoms with Gasteiger partial charge in [-0.15, -0.1) is 11.8 Å². The molecule has 0 saturated heterocycles. The van der Waals surface area contributed by atoms with E-state index >= 15 is 0 Å². The molecular formula is C9H10BrNO2S. The van der Waals surface area contributed by atoms with E-state index in [1.807, 2.05) is 12.3 Å². The maximum atomic E-state index is 10.6. The van der Waals surface area contributed by atoms with Crippen molar-refractivity contribution < 1.29 is 9.90 Å². The number of hydrogen-bond donors (Lipinski definition) is 2. The summed E-state index contributed by atoms with van der Waals surface area (Å²) >= 11 is 4.94. The van der Waals surface area contributed by atoms with Crippen molar-refractivity contribution in [2.24, 2.45) is 5.73 Å². The second-order valence-electron chi connectivity index (χ2n) is 2.71. The summed E-state index contributed by atoms with van der Waals surface area (Å²) in [6.45, 7) is 0. The zero-order chi connectivity index (χ0) is 10.7. The first-order valence-corrected chi connectivity index (χ1v) is 5.90. The lowest BCUT2D eigenvalue weighted by molar-refractivity contribution is -0.138. The van der Waals surface area contributed by atoms with Crippen molar-refractivity contribution in [2.75, 3.05) is 6.26 Å². The molecule has 0 aromatic heterocycles. The summed E-state index contributed by atoms with van der Waals surface area (Å²) in [6.07, 6.45) is 1.96. The van der Waals surface area contributed by atoms with Gasteiger partial charge in [-0.25, -0.2) is 0 Å². The molecule has 1 atom stereocenters. The maximum absolute atomic E-state index is 10.6. The fourth-order valence-electron chi connectivity index (χ4n) is 1.02. The van der Waals surface area contributed by atoms with Gasteiger partial charge in [0.05, 0.1) is 0 Å². The van der Waals surface area contributed by atoms with Gasteiger partial charge < -0.3 is 10.8 Å². The average Bonchev–Trinajstić information content (AvgIpc) is 2.16. The predicted octanol–water partition coefficient (Wildman–Crippen LogP) is 2.26. The van der Waals surface area contributed by atoms with E-state index in [9.17, 15) is 4.79 Å². The minimum Gasteiger partial charge on any atom is -0.480 e. The SMILES string of the molecule is CSc1ccc(C(N)C(=O)O)cc1Br. The van der Waals surface area contributed by atoms with E-state index in [1.165, 1.54) is 0 Å². The molecule has 14 heavy (non-hydrogen) atoms. The molecule has 0 amide bonds. The van der Waals surface area contributed by atoms with Crippen LogP contribution in [0.4, 0.5) is 0 Å². The van der Waals surface area contributed by atoms with Crippen LogP contribution >= 0.6 is 27.7 Å². The number of halogens is 1. The standard InChI is InChI=1S/C9H10BrNO2S/c1-14-7-3-2-5(4-6(7)10)8(11)9(12)13/h2-4,8H,11H2,1H3,(H,12,13). The van der Waals surface area contributed by atoms with Crippen LogP contribution in [0.15, 0.2) is 27.6 Å². The quantitative estimate of drug-likeness (QED) is 0.831. The Bertz CT molecular complexity index is 357. The van der Waals surface area contributed by atoms with Crippen LogP contribution in [0.2, 0.25) is 0 Å². The summed E-state index contributed by atoms with van der Waals surface area (Å²) in [5.41, 5.74) is 6.07. The summed E-state index contributed by atoms with van der Waals surface area (Å²) in [5.74, 6) is -1.02. The zero-order valence-electron chi connectivity index (χ0n) is 7.53. The van der Waals surface area contributed by atoms with E-state index in [2.05, 4.69) is 15.9 Å². The number of carboxylic acid groups (broad SMARTS) is 1. The van der Waals surface area contributed by atoms with E-state index in [0.29, 0.717) is 5.56 Å². The van der Waals surface area contributed by atoms with Crippen molar-refractivity contribution in [2.45, 2.75) is 10.9 Å². The lowest BCUT2D eigenvalue weighted by Gasteiger charge is -2.08. The molecule has 5 heteroatoms. The summed E-state index contributed by atoms with van der Waals surface area (Å²) in [4.78, 5) is 11.7. The third-order valence-electron chi connectivity index (χ3n) is 1.80. The maximum Gasteiger partial charge on any atom is 0.325 e. The minimum atomic E-state index is -1.02. The fourth-order valence-corrected chi connectivity index (χ4v) is 2.36. The highest BCUT2D eigenvalue weighted by molar-refractivity contribution is 9.10. The van der Waals surface area contributed by atoms with Crippen LogP contribution in [-0.4, -0.2) is 17.3 Å². The largest absolute Gasteiger partial charge is 0.480 e. The third kappa shape index (κ3) is 2.50. The van der Waals surface area contributed by atoms with Gasteiger partial charge >= 0.3 is 5.97 Å². The smallest absolute Gasteiger partial charge is 0.325 e. The Morgan fingerprint density at radius 3 is 2.71 bits per heavy atom. The second-order valence-corrected chi connectivity index (χ2v) is 4.41. The number of carbonyl (C=O) groups is 1. The highest BCUT2D eigenvalue weighted by Gasteiger charge is 2.14. The zero-order valence-corrected chi connectivity index (χ0v) is 9.93. The Labute approximate surface area is 94.8 Å². The monoisotopic (exact) mass is 275 g/mol. The normalized spacial score (nSPS) is 12.5. The van der Waals surface area contributed by atoms with Gasteiger partial charge in [0, 0.05) is 9.37 Å². The van der Waals surface area contributed by atoms with E-state index in [0.717, 1.165) is 9.37 Å². The van der Waals surface area contributed by atoms with Crippen LogP contribution in [0, 0.1) is 0 Å². The molecule has 1 aromatic carbocycles. The Balaban J connectivity index is 3.02. The fraction of sp³-hybridized carbons (Fsp3) is 0.222. The van der Waals surface area contributed by atoms with E-state index in [4.69, 9.17) is 10.8 Å². The molecule has 0 aliphatic heterocycles. The number of carboxylic acids is 1. The molecule has 0 radical (unpaired) electrons. The Hall–Kier alpha value is -0.520. The molecule has 0 spiro atoms. The van der Waals surface area contributed by atoms with Crippen LogP contribution < -0.4 is 5.73 Å². The third-order valence-corrected chi connectivity index (χ3v) is 3.52. The van der Waals surface area contributed by atoms with Gasteiger partial charge in [-0.3, -0.25) is 4.79 Å². The van der Waals surface area contributed by atoms with Gasteiger partial charge in [0.1, 0.15) is 6.04 Å². The summed E-state index contributed by atoms with van der Waals surface area (Å²) in [5, 5.41) is 8.71. The minimum absolute atomic E-state index is 0.599. The first-order chi connectivity index (χ1) is 6.56. The summed E-state index contributed by atoms with van der Waals surface area (Å²) < 4.78 is 0.874. The Kier molecular flexibility index (Phi) is 3.97. The van der Waals surface area contributed by atoms with Crippen molar-refractivity contribution in [1.82, 2.24) is 0 Å². The van der Waals surface area contributed by atoms with Crippen LogP contribution in [0.25, 0.3) is 0 Å².